The van der Waals surface area contributed by atoms with E-state index in [-0.39, 0.29) is 16.9 Å². The molecule has 0 fully saturated rings. The molecular formula is C20H23NO7. The van der Waals surface area contributed by atoms with Gasteiger partial charge in [-0.1, -0.05) is 6.07 Å². The van der Waals surface area contributed by atoms with Gasteiger partial charge < -0.3 is 24.3 Å². The molecule has 1 aromatic carbocycles. The van der Waals surface area contributed by atoms with E-state index in [1.165, 1.54) is 28.3 Å². The van der Waals surface area contributed by atoms with Crippen LogP contribution in [0.4, 0.5) is 0 Å². The van der Waals surface area contributed by atoms with E-state index in [0.717, 1.165) is 0 Å². The van der Waals surface area contributed by atoms with Crippen LogP contribution in [0.15, 0.2) is 40.7 Å². The summed E-state index contributed by atoms with van der Waals surface area (Å²) < 4.78 is 20.3. The van der Waals surface area contributed by atoms with Crippen LogP contribution in [0.1, 0.15) is 32.3 Å². The molecule has 0 amide bonds. The quantitative estimate of drug-likeness (QED) is 0.604. The van der Waals surface area contributed by atoms with Crippen LogP contribution in [-0.4, -0.2) is 39.2 Å². The molecule has 8 nitrogen and oxygen atoms in total. The van der Waals surface area contributed by atoms with Gasteiger partial charge in [0, 0.05) is 18.3 Å². The summed E-state index contributed by atoms with van der Waals surface area (Å²) >= 11 is 0. The molecule has 1 aliphatic heterocycles. The first-order chi connectivity index (χ1) is 13.2. The van der Waals surface area contributed by atoms with Crippen LogP contribution >= 0.6 is 0 Å². The highest BCUT2D eigenvalue weighted by Gasteiger charge is 2.38. The molecule has 0 aliphatic carbocycles. The molecule has 0 saturated carbocycles. The molecule has 28 heavy (non-hydrogen) atoms. The van der Waals surface area contributed by atoms with Crippen LogP contribution in [0.25, 0.3) is 0 Å². The predicted octanol–water partition coefficient (Wildman–Crippen LogP) is 2.20. The summed E-state index contributed by atoms with van der Waals surface area (Å²) in [6.45, 7) is 4.70. The van der Waals surface area contributed by atoms with Crippen LogP contribution < -0.4 is 14.8 Å². The Kier molecular flexibility index (Phi) is 6.45. The Bertz CT molecular complexity index is 845. The summed E-state index contributed by atoms with van der Waals surface area (Å²) in [6, 6.07) is 4.85. The lowest BCUT2D eigenvalue weighted by Crippen LogP contribution is -2.32. The molecule has 1 heterocycles. The summed E-state index contributed by atoms with van der Waals surface area (Å²) in [5.74, 6) is -1.97. The van der Waals surface area contributed by atoms with E-state index < -0.39 is 23.8 Å². The van der Waals surface area contributed by atoms with Crippen molar-refractivity contribution >= 4 is 17.9 Å². The molecule has 0 aromatic heterocycles. The van der Waals surface area contributed by atoms with E-state index in [2.05, 4.69) is 5.32 Å². The van der Waals surface area contributed by atoms with Gasteiger partial charge in [0.15, 0.2) is 11.5 Å². The van der Waals surface area contributed by atoms with E-state index >= 15 is 0 Å². The van der Waals surface area contributed by atoms with Crippen LogP contribution in [0.2, 0.25) is 0 Å². The molecule has 1 aromatic rings. The molecule has 0 spiro atoms. The molecule has 0 saturated heterocycles. The van der Waals surface area contributed by atoms with Crippen molar-refractivity contribution in [3.8, 4) is 11.5 Å². The summed E-state index contributed by atoms with van der Waals surface area (Å²) in [7, 11) is 3.97. The monoisotopic (exact) mass is 389 g/mol. The number of rotatable bonds is 5. The smallest absolute Gasteiger partial charge is 0.336 e. The average molecular weight is 389 g/mol. The summed E-state index contributed by atoms with van der Waals surface area (Å²) in [6.07, 6.45) is 0. The maximum atomic E-state index is 12.5. The lowest BCUT2D eigenvalue weighted by molar-refractivity contribution is -0.137. The number of carbonyl (C=O) groups is 3. The van der Waals surface area contributed by atoms with Crippen molar-refractivity contribution in [1.29, 1.82) is 0 Å². The Morgan fingerprint density at radius 3 is 1.86 bits per heavy atom. The fourth-order valence-electron chi connectivity index (χ4n) is 3.20. The number of esters is 3. The Morgan fingerprint density at radius 1 is 0.893 bits per heavy atom. The second kappa shape index (κ2) is 8.60. The predicted molar refractivity (Wildman–Crippen MR) is 99.6 cm³/mol. The first-order valence-electron chi connectivity index (χ1n) is 8.46. The zero-order chi connectivity index (χ0) is 21.0. The Morgan fingerprint density at radius 2 is 1.43 bits per heavy atom. The van der Waals surface area contributed by atoms with E-state index in [9.17, 15) is 14.4 Å². The van der Waals surface area contributed by atoms with Crippen LogP contribution in [0, 0.1) is 0 Å². The van der Waals surface area contributed by atoms with Crippen LogP contribution in [0.3, 0.4) is 0 Å². The standard InChI is InChI=1S/C20H23NO7/c1-10-16(19(23)26-5)18(17(11(2)21-10)20(24)27-6)13-7-8-14(25-4)15(9-13)28-12(3)22/h7-9,18,21H,1-6H3. The minimum Gasteiger partial charge on any atom is -0.493 e. The lowest BCUT2D eigenvalue weighted by atomic mass is 9.80. The van der Waals surface area contributed by atoms with Crippen molar-refractivity contribution in [2.45, 2.75) is 26.7 Å². The van der Waals surface area contributed by atoms with Gasteiger partial charge >= 0.3 is 17.9 Å². The number of dihydropyridines is 1. The highest BCUT2D eigenvalue weighted by molar-refractivity contribution is 5.99. The molecule has 8 heteroatoms. The fraction of sp³-hybridized carbons (Fsp3) is 0.350. The number of methoxy groups -OCH3 is 3. The summed E-state index contributed by atoms with van der Waals surface area (Å²) in [4.78, 5) is 36.5. The number of carbonyl (C=O) groups excluding carboxylic acids is 3. The third-order valence-electron chi connectivity index (χ3n) is 4.35. The van der Waals surface area contributed by atoms with Crippen molar-refractivity contribution in [2.24, 2.45) is 0 Å². The minimum absolute atomic E-state index is 0.176. The van der Waals surface area contributed by atoms with Crippen molar-refractivity contribution in [3.63, 3.8) is 0 Å². The molecule has 1 N–H and O–H groups in total. The Labute approximate surface area is 163 Å². The topological polar surface area (TPSA) is 100 Å². The second-order valence-electron chi connectivity index (χ2n) is 6.12. The van der Waals surface area contributed by atoms with E-state index in [0.29, 0.717) is 22.7 Å². The van der Waals surface area contributed by atoms with Gasteiger partial charge in [0.2, 0.25) is 0 Å². The van der Waals surface area contributed by atoms with Gasteiger partial charge in [-0.2, -0.15) is 0 Å². The first-order valence-corrected chi connectivity index (χ1v) is 8.46. The first kappa shape index (κ1) is 21.0. The van der Waals surface area contributed by atoms with Crippen LogP contribution in [0.5, 0.6) is 11.5 Å². The lowest BCUT2D eigenvalue weighted by Gasteiger charge is -2.30. The number of ether oxygens (including phenoxy) is 4. The number of hydrogen-bond acceptors (Lipinski definition) is 8. The fourth-order valence-corrected chi connectivity index (χ4v) is 3.20. The zero-order valence-corrected chi connectivity index (χ0v) is 16.7. The molecule has 1 aliphatic rings. The Hall–Kier alpha value is -3.29. The van der Waals surface area contributed by atoms with Gasteiger partial charge in [-0.3, -0.25) is 4.79 Å². The molecule has 0 unspecified atom stereocenters. The zero-order valence-electron chi connectivity index (χ0n) is 16.7. The van der Waals surface area contributed by atoms with Gasteiger partial charge in [-0.05, 0) is 31.5 Å². The minimum atomic E-state index is -0.777. The Balaban J connectivity index is 2.73. The van der Waals surface area contributed by atoms with Gasteiger partial charge in [0.1, 0.15) is 0 Å². The van der Waals surface area contributed by atoms with Gasteiger partial charge in [-0.15, -0.1) is 0 Å². The third kappa shape index (κ3) is 4.00. The molecule has 0 radical (unpaired) electrons. The molecule has 2 rings (SSSR count). The van der Waals surface area contributed by atoms with Crippen molar-refractivity contribution in [2.75, 3.05) is 21.3 Å². The van der Waals surface area contributed by atoms with Gasteiger partial charge in [0.25, 0.3) is 0 Å². The second-order valence-corrected chi connectivity index (χ2v) is 6.12. The average Bonchev–Trinajstić information content (AvgIpc) is 2.65. The van der Waals surface area contributed by atoms with E-state index in [4.69, 9.17) is 18.9 Å². The van der Waals surface area contributed by atoms with Crippen LogP contribution in [-0.2, 0) is 23.9 Å². The van der Waals surface area contributed by atoms with Crippen molar-refractivity contribution in [1.82, 2.24) is 5.32 Å². The maximum absolute atomic E-state index is 12.5. The number of hydrogen-bond donors (Lipinski definition) is 1. The van der Waals surface area contributed by atoms with Crippen molar-refractivity contribution < 1.29 is 33.3 Å². The largest absolute Gasteiger partial charge is 0.493 e. The number of allylic oxidation sites excluding steroid dienone is 2. The third-order valence-corrected chi connectivity index (χ3v) is 4.35. The molecular weight excluding hydrogens is 366 g/mol. The van der Waals surface area contributed by atoms with Gasteiger partial charge in [0.05, 0.1) is 38.4 Å². The highest BCUT2D eigenvalue weighted by atomic mass is 16.6. The van der Waals surface area contributed by atoms with E-state index in [1.54, 1.807) is 32.0 Å². The molecule has 0 atom stereocenters. The number of nitrogens with one attached hydrogen (secondary N) is 1. The van der Waals surface area contributed by atoms with E-state index in [1.807, 2.05) is 0 Å². The highest BCUT2D eigenvalue weighted by Crippen LogP contribution is 2.41. The number of benzene rings is 1. The van der Waals surface area contributed by atoms with Crippen molar-refractivity contribution in [3.05, 3.63) is 46.3 Å². The summed E-state index contributed by atoms with van der Waals surface area (Å²) in [5.41, 5.74) is 2.15. The SMILES string of the molecule is COC(=O)C1=C(C)NC(C)=C(C(=O)OC)C1c1ccc(OC)c(OC(C)=O)c1. The maximum Gasteiger partial charge on any atom is 0.336 e. The molecule has 0 bridgehead atoms. The normalized spacial score (nSPS) is 14.4. The van der Waals surface area contributed by atoms with Gasteiger partial charge in [-0.25, -0.2) is 9.59 Å². The summed E-state index contributed by atoms with van der Waals surface area (Å²) in [5, 5.41) is 3.03. The molecule has 150 valence electrons.